The molecule has 0 bridgehead atoms. The van der Waals surface area contributed by atoms with Crippen molar-refractivity contribution in [1.82, 2.24) is 0 Å². The van der Waals surface area contributed by atoms with Crippen LogP contribution in [0.5, 0.6) is 0 Å². The molecule has 0 N–H and O–H groups in total. The summed E-state index contributed by atoms with van der Waals surface area (Å²) in [5.74, 6) is -0.132. The fourth-order valence-corrected chi connectivity index (χ4v) is 1.33. The molecular weight excluding hydrogens is 211 g/mol. The summed E-state index contributed by atoms with van der Waals surface area (Å²) in [6, 6.07) is 0. The zero-order valence-electron chi connectivity index (χ0n) is 7.89. The predicted molar refractivity (Wildman–Crippen MR) is 55.2 cm³/mol. The summed E-state index contributed by atoms with van der Waals surface area (Å²) in [5.41, 5.74) is 0. The summed E-state index contributed by atoms with van der Waals surface area (Å²) >= 11 is 11.1. The summed E-state index contributed by atoms with van der Waals surface area (Å²) in [5, 5.41) is 0. The SMILES string of the molecule is COC(=O)CCCCCCC(Cl)Cl. The molecule has 0 aromatic heterocycles. The van der Waals surface area contributed by atoms with Crippen LogP contribution in [-0.4, -0.2) is 17.9 Å². The van der Waals surface area contributed by atoms with Gasteiger partial charge in [-0.1, -0.05) is 19.3 Å². The molecule has 0 radical (unpaired) electrons. The van der Waals surface area contributed by atoms with E-state index in [1.807, 2.05) is 0 Å². The number of alkyl halides is 2. The van der Waals surface area contributed by atoms with E-state index in [-0.39, 0.29) is 10.8 Å². The van der Waals surface area contributed by atoms with Crippen LogP contribution in [0.3, 0.4) is 0 Å². The first-order chi connectivity index (χ1) is 6.16. The first-order valence-corrected chi connectivity index (χ1v) is 5.39. The zero-order valence-corrected chi connectivity index (χ0v) is 9.40. The molecule has 0 aromatic rings. The van der Waals surface area contributed by atoms with E-state index in [4.69, 9.17) is 23.2 Å². The van der Waals surface area contributed by atoms with Crippen LogP contribution < -0.4 is 0 Å². The number of methoxy groups -OCH3 is 1. The molecule has 78 valence electrons. The highest BCUT2D eigenvalue weighted by Crippen LogP contribution is 2.13. The monoisotopic (exact) mass is 226 g/mol. The Morgan fingerprint density at radius 3 is 2.38 bits per heavy atom. The van der Waals surface area contributed by atoms with Gasteiger partial charge < -0.3 is 4.74 Å². The predicted octanol–water partition coefficient (Wildman–Crippen LogP) is 3.30. The number of hydrogen-bond donors (Lipinski definition) is 0. The van der Waals surface area contributed by atoms with Crippen molar-refractivity contribution < 1.29 is 9.53 Å². The van der Waals surface area contributed by atoms with Crippen LogP contribution in [0.15, 0.2) is 0 Å². The molecule has 0 spiro atoms. The molecule has 0 aliphatic rings. The summed E-state index contributed by atoms with van der Waals surface area (Å²) in [6.45, 7) is 0. The fraction of sp³-hybridized carbons (Fsp3) is 0.889. The minimum Gasteiger partial charge on any atom is -0.469 e. The molecule has 0 fully saturated rings. The van der Waals surface area contributed by atoms with Crippen LogP contribution in [0.4, 0.5) is 0 Å². The van der Waals surface area contributed by atoms with Gasteiger partial charge in [0.25, 0.3) is 0 Å². The first kappa shape index (κ1) is 13.1. The van der Waals surface area contributed by atoms with E-state index in [0.29, 0.717) is 6.42 Å². The average molecular weight is 227 g/mol. The van der Waals surface area contributed by atoms with Crippen LogP contribution in [-0.2, 0) is 9.53 Å². The number of carbonyl (C=O) groups excluding carboxylic acids is 1. The normalized spacial score (nSPS) is 10.5. The van der Waals surface area contributed by atoms with E-state index in [1.165, 1.54) is 7.11 Å². The maximum absolute atomic E-state index is 10.7. The molecule has 4 heteroatoms. The molecule has 2 nitrogen and oxygen atoms in total. The average Bonchev–Trinajstić information content (AvgIpc) is 2.10. The van der Waals surface area contributed by atoms with Gasteiger partial charge in [0, 0.05) is 6.42 Å². The van der Waals surface area contributed by atoms with E-state index in [9.17, 15) is 4.79 Å². The summed E-state index contributed by atoms with van der Waals surface area (Å²) < 4.78 is 4.51. The maximum atomic E-state index is 10.7. The van der Waals surface area contributed by atoms with Crippen molar-refractivity contribution in [3.8, 4) is 0 Å². The minimum atomic E-state index is -0.249. The van der Waals surface area contributed by atoms with Gasteiger partial charge in [-0.2, -0.15) is 0 Å². The fourth-order valence-electron chi connectivity index (χ4n) is 1.02. The molecule has 0 aromatic carbocycles. The summed E-state index contributed by atoms with van der Waals surface area (Å²) in [6.07, 6.45) is 5.38. The molecule has 0 aliphatic heterocycles. The lowest BCUT2D eigenvalue weighted by molar-refractivity contribution is -0.140. The third-order valence-corrected chi connectivity index (χ3v) is 2.22. The topological polar surface area (TPSA) is 26.3 Å². The molecule has 13 heavy (non-hydrogen) atoms. The van der Waals surface area contributed by atoms with Crippen LogP contribution in [0, 0.1) is 0 Å². The molecular formula is C9H16Cl2O2. The van der Waals surface area contributed by atoms with Crippen molar-refractivity contribution in [2.24, 2.45) is 0 Å². The van der Waals surface area contributed by atoms with Crippen molar-refractivity contribution in [2.75, 3.05) is 7.11 Å². The Morgan fingerprint density at radius 2 is 1.85 bits per heavy atom. The number of rotatable bonds is 7. The first-order valence-electron chi connectivity index (χ1n) is 4.51. The van der Waals surface area contributed by atoms with Crippen molar-refractivity contribution in [3.05, 3.63) is 0 Å². The Bertz CT molecular complexity index is 138. The molecule has 0 aliphatic carbocycles. The largest absolute Gasteiger partial charge is 0.469 e. The maximum Gasteiger partial charge on any atom is 0.305 e. The molecule has 0 heterocycles. The zero-order chi connectivity index (χ0) is 10.1. The third kappa shape index (κ3) is 9.97. The molecule has 0 amide bonds. The Labute approximate surface area is 89.5 Å². The van der Waals surface area contributed by atoms with Crippen molar-refractivity contribution >= 4 is 29.2 Å². The highest BCUT2D eigenvalue weighted by Gasteiger charge is 2.00. The van der Waals surface area contributed by atoms with Gasteiger partial charge in [0.2, 0.25) is 0 Å². The molecule has 0 saturated carbocycles. The van der Waals surface area contributed by atoms with E-state index >= 15 is 0 Å². The second-order valence-electron chi connectivity index (χ2n) is 2.92. The van der Waals surface area contributed by atoms with Crippen molar-refractivity contribution in [2.45, 2.75) is 43.4 Å². The lowest BCUT2D eigenvalue weighted by Gasteiger charge is -2.01. The van der Waals surface area contributed by atoms with E-state index < -0.39 is 0 Å². The summed E-state index contributed by atoms with van der Waals surface area (Å²) in [7, 11) is 1.41. The second-order valence-corrected chi connectivity index (χ2v) is 4.20. The Morgan fingerprint density at radius 1 is 1.23 bits per heavy atom. The van der Waals surface area contributed by atoms with Crippen LogP contribution >= 0.6 is 23.2 Å². The van der Waals surface area contributed by atoms with Gasteiger partial charge >= 0.3 is 5.97 Å². The Balaban J connectivity index is 3.04. The number of ether oxygens (including phenoxy) is 1. The van der Waals surface area contributed by atoms with Gasteiger partial charge in [0.05, 0.1) is 7.11 Å². The Kier molecular flexibility index (Phi) is 8.67. The number of halogens is 2. The summed E-state index contributed by atoms with van der Waals surface area (Å²) in [4.78, 5) is 10.4. The van der Waals surface area contributed by atoms with Gasteiger partial charge in [0.1, 0.15) is 4.84 Å². The van der Waals surface area contributed by atoms with Crippen LogP contribution in [0.2, 0.25) is 0 Å². The quantitative estimate of drug-likeness (QED) is 0.379. The highest BCUT2D eigenvalue weighted by atomic mass is 35.5. The Hall–Kier alpha value is 0.0500. The van der Waals surface area contributed by atoms with E-state index in [1.54, 1.807) is 0 Å². The number of esters is 1. The highest BCUT2D eigenvalue weighted by molar-refractivity contribution is 6.44. The van der Waals surface area contributed by atoms with Gasteiger partial charge in [-0.05, 0) is 12.8 Å². The van der Waals surface area contributed by atoms with Crippen molar-refractivity contribution in [3.63, 3.8) is 0 Å². The van der Waals surface area contributed by atoms with Crippen LogP contribution in [0.25, 0.3) is 0 Å². The van der Waals surface area contributed by atoms with E-state index in [0.717, 1.165) is 32.1 Å². The molecule has 0 rings (SSSR count). The van der Waals surface area contributed by atoms with Gasteiger partial charge in [-0.15, -0.1) is 23.2 Å². The van der Waals surface area contributed by atoms with Gasteiger partial charge in [-0.3, -0.25) is 4.79 Å². The molecule has 0 unspecified atom stereocenters. The smallest absolute Gasteiger partial charge is 0.305 e. The van der Waals surface area contributed by atoms with Crippen molar-refractivity contribution in [1.29, 1.82) is 0 Å². The lowest BCUT2D eigenvalue weighted by Crippen LogP contribution is -1.99. The van der Waals surface area contributed by atoms with Gasteiger partial charge in [-0.25, -0.2) is 0 Å². The standard InChI is InChI=1S/C9H16Cl2O2/c1-13-9(12)7-5-3-2-4-6-8(10)11/h8H,2-7H2,1H3. The van der Waals surface area contributed by atoms with Gasteiger partial charge in [0.15, 0.2) is 0 Å². The number of carbonyl (C=O) groups is 1. The minimum absolute atomic E-state index is 0.132. The molecule has 0 atom stereocenters. The second kappa shape index (κ2) is 8.64. The van der Waals surface area contributed by atoms with E-state index in [2.05, 4.69) is 4.74 Å². The number of hydrogen-bond acceptors (Lipinski definition) is 2. The number of unbranched alkanes of at least 4 members (excludes halogenated alkanes) is 3. The lowest BCUT2D eigenvalue weighted by atomic mass is 10.1. The third-order valence-electron chi connectivity index (χ3n) is 1.78. The van der Waals surface area contributed by atoms with Crippen LogP contribution in [0.1, 0.15) is 38.5 Å². The molecule has 0 saturated heterocycles.